The molecule has 0 spiro atoms. The number of nitrogens with zero attached hydrogens (tertiary/aromatic N) is 4. The highest BCUT2D eigenvalue weighted by Gasteiger charge is 2.17. The van der Waals surface area contributed by atoms with Crippen molar-refractivity contribution in [3.63, 3.8) is 0 Å². The van der Waals surface area contributed by atoms with Crippen LogP contribution in [0.25, 0.3) is 17.1 Å². The molecule has 0 saturated carbocycles. The Morgan fingerprint density at radius 1 is 0.963 bits per heavy atom. The highest BCUT2D eigenvalue weighted by atomic mass is 32.2. The van der Waals surface area contributed by atoms with Gasteiger partial charge in [-0.15, -0.1) is 10.2 Å². The summed E-state index contributed by atoms with van der Waals surface area (Å²) in [4.78, 5) is 4.21. The second kappa shape index (κ2) is 7.72. The molecule has 134 valence electrons. The predicted octanol–water partition coefficient (Wildman–Crippen LogP) is 5.07. The molecule has 0 fully saturated rings. The second-order valence-electron chi connectivity index (χ2n) is 6.08. The van der Waals surface area contributed by atoms with Crippen LogP contribution in [0.5, 0.6) is 0 Å². The van der Waals surface area contributed by atoms with E-state index in [9.17, 15) is 4.39 Å². The van der Waals surface area contributed by atoms with Crippen molar-refractivity contribution >= 4 is 11.8 Å². The first-order valence-electron chi connectivity index (χ1n) is 8.51. The van der Waals surface area contributed by atoms with Gasteiger partial charge in [-0.05, 0) is 48.4 Å². The Morgan fingerprint density at radius 2 is 1.78 bits per heavy atom. The Hall–Kier alpha value is -2.99. The van der Waals surface area contributed by atoms with Gasteiger partial charge in [0.25, 0.3) is 0 Å². The zero-order valence-electron chi connectivity index (χ0n) is 14.7. The first-order chi connectivity index (χ1) is 13.2. The highest BCUT2D eigenvalue weighted by molar-refractivity contribution is 7.98. The number of para-hydroxylation sites is 1. The first kappa shape index (κ1) is 17.4. The summed E-state index contributed by atoms with van der Waals surface area (Å²) in [5.74, 6) is 1.20. The van der Waals surface area contributed by atoms with E-state index < -0.39 is 0 Å². The van der Waals surface area contributed by atoms with Crippen LogP contribution < -0.4 is 0 Å². The molecule has 0 saturated heterocycles. The molecule has 2 aromatic heterocycles. The lowest BCUT2D eigenvalue weighted by molar-refractivity contribution is 0.627. The fourth-order valence-electron chi connectivity index (χ4n) is 2.81. The standard InChI is InChI=1S/C21H17FN4S/c1-15-5-2-3-7-19(15)26-20(17-6-4-12-23-13-17)24-25-21(26)27-14-16-8-10-18(22)11-9-16/h2-13H,14H2,1H3. The summed E-state index contributed by atoms with van der Waals surface area (Å²) < 4.78 is 15.2. The SMILES string of the molecule is Cc1ccccc1-n1c(SCc2ccc(F)cc2)nnc1-c1cccnc1. The lowest BCUT2D eigenvalue weighted by atomic mass is 10.2. The number of rotatable bonds is 5. The molecule has 0 unspecified atom stereocenters. The minimum absolute atomic E-state index is 0.231. The van der Waals surface area contributed by atoms with E-state index in [0.29, 0.717) is 5.75 Å². The number of halogens is 1. The van der Waals surface area contributed by atoms with Crippen molar-refractivity contribution < 1.29 is 4.39 Å². The number of aryl methyl sites for hydroxylation is 1. The molecule has 4 nitrogen and oxygen atoms in total. The molecule has 0 aliphatic rings. The quantitative estimate of drug-likeness (QED) is 0.456. The Balaban J connectivity index is 1.74. The van der Waals surface area contributed by atoms with Crippen molar-refractivity contribution in [1.82, 2.24) is 19.7 Å². The topological polar surface area (TPSA) is 43.6 Å². The van der Waals surface area contributed by atoms with E-state index >= 15 is 0 Å². The fourth-order valence-corrected chi connectivity index (χ4v) is 3.71. The maximum absolute atomic E-state index is 13.1. The van der Waals surface area contributed by atoms with Gasteiger partial charge in [-0.2, -0.15) is 0 Å². The minimum atomic E-state index is -0.231. The third-order valence-corrected chi connectivity index (χ3v) is 5.19. The van der Waals surface area contributed by atoms with Crippen molar-refractivity contribution in [2.24, 2.45) is 0 Å². The smallest absolute Gasteiger partial charge is 0.196 e. The van der Waals surface area contributed by atoms with Crippen LogP contribution in [0.4, 0.5) is 4.39 Å². The van der Waals surface area contributed by atoms with E-state index in [4.69, 9.17) is 0 Å². The Kier molecular flexibility index (Phi) is 4.98. The van der Waals surface area contributed by atoms with E-state index in [1.807, 2.05) is 24.3 Å². The van der Waals surface area contributed by atoms with Crippen LogP contribution in [0.2, 0.25) is 0 Å². The molecule has 0 aliphatic heterocycles. The normalized spacial score (nSPS) is 10.9. The third-order valence-electron chi connectivity index (χ3n) is 4.19. The molecule has 0 atom stereocenters. The Bertz CT molecular complexity index is 1050. The van der Waals surface area contributed by atoms with Crippen molar-refractivity contribution in [2.75, 3.05) is 0 Å². The van der Waals surface area contributed by atoms with E-state index in [1.165, 1.54) is 12.1 Å². The van der Waals surface area contributed by atoms with Crippen LogP contribution in [-0.2, 0) is 5.75 Å². The molecule has 2 aromatic carbocycles. The number of hydrogen-bond donors (Lipinski definition) is 0. The lowest BCUT2D eigenvalue weighted by Gasteiger charge is -2.12. The van der Waals surface area contributed by atoms with Gasteiger partial charge < -0.3 is 0 Å². The van der Waals surface area contributed by atoms with Crippen molar-refractivity contribution in [3.05, 3.63) is 90.0 Å². The summed E-state index contributed by atoms with van der Waals surface area (Å²) in [5, 5.41) is 9.62. The first-order valence-corrected chi connectivity index (χ1v) is 9.50. The van der Waals surface area contributed by atoms with Crippen LogP contribution in [-0.4, -0.2) is 19.7 Å². The number of pyridine rings is 1. The van der Waals surface area contributed by atoms with E-state index in [0.717, 1.165) is 33.4 Å². The molecule has 6 heteroatoms. The number of hydrogen-bond acceptors (Lipinski definition) is 4. The van der Waals surface area contributed by atoms with Gasteiger partial charge in [0.2, 0.25) is 0 Å². The molecule has 4 aromatic rings. The lowest BCUT2D eigenvalue weighted by Crippen LogP contribution is -2.02. The number of thioether (sulfide) groups is 1. The van der Waals surface area contributed by atoms with Crippen LogP contribution >= 0.6 is 11.8 Å². The largest absolute Gasteiger partial charge is 0.270 e. The maximum atomic E-state index is 13.1. The summed E-state index contributed by atoms with van der Waals surface area (Å²) in [6.07, 6.45) is 3.52. The van der Waals surface area contributed by atoms with Crippen LogP contribution in [0.3, 0.4) is 0 Å². The second-order valence-corrected chi connectivity index (χ2v) is 7.03. The average Bonchev–Trinajstić information content (AvgIpc) is 3.12. The summed E-state index contributed by atoms with van der Waals surface area (Å²) in [6.45, 7) is 2.07. The Morgan fingerprint density at radius 3 is 2.52 bits per heavy atom. The molecule has 0 amide bonds. The molecule has 0 radical (unpaired) electrons. The molecule has 27 heavy (non-hydrogen) atoms. The van der Waals surface area contributed by atoms with Gasteiger partial charge in [0.05, 0.1) is 5.69 Å². The molecule has 2 heterocycles. The summed E-state index contributed by atoms with van der Waals surface area (Å²) >= 11 is 1.57. The average molecular weight is 376 g/mol. The summed E-state index contributed by atoms with van der Waals surface area (Å²) in [7, 11) is 0. The van der Waals surface area contributed by atoms with Gasteiger partial charge in [0.1, 0.15) is 5.82 Å². The monoisotopic (exact) mass is 376 g/mol. The summed E-state index contributed by atoms with van der Waals surface area (Å²) in [6, 6.07) is 18.5. The number of aromatic nitrogens is 4. The van der Waals surface area contributed by atoms with Gasteiger partial charge in [0, 0.05) is 23.7 Å². The van der Waals surface area contributed by atoms with E-state index in [-0.39, 0.29) is 5.82 Å². The minimum Gasteiger partial charge on any atom is -0.270 e. The Labute approximate surface area is 161 Å². The molecule has 4 rings (SSSR count). The van der Waals surface area contributed by atoms with Gasteiger partial charge in [-0.3, -0.25) is 9.55 Å². The molecular formula is C21H17FN4S. The fraction of sp³-hybridized carbons (Fsp3) is 0.0952. The van der Waals surface area contributed by atoms with Gasteiger partial charge in [-0.1, -0.05) is 42.1 Å². The zero-order valence-corrected chi connectivity index (χ0v) is 15.5. The van der Waals surface area contributed by atoms with Gasteiger partial charge in [0.15, 0.2) is 11.0 Å². The predicted molar refractivity (Wildman–Crippen MR) is 105 cm³/mol. The van der Waals surface area contributed by atoms with Crippen molar-refractivity contribution in [1.29, 1.82) is 0 Å². The summed E-state index contributed by atoms with van der Waals surface area (Å²) in [5.41, 5.74) is 4.10. The van der Waals surface area contributed by atoms with E-state index in [2.05, 4.69) is 38.8 Å². The van der Waals surface area contributed by atoms with Gasteiger partial charge >= 0.3 is 0 Å². The number of benzene rings is 2. The molecule has 0 N–H and O–H groups in total. The maximum Gasteiger partial charge on any atom is 0.196 e. The molecular weight excluding hydrogens is 359 g/mol. The third kappa shape index (κ3) is 3.75. The zero-order chi connectivity index (χ0) is 18.6. The molecule has 0 aliphatic carbocycles. The highest BCUT2D eigenvalue weighted by Crippen LogP contribution is 2.30. The van der Waals surface area contributed by atoms with Crippen LogP contribution in [0, 0.1) is 12.7 Å². The van der Waals surface area contributed by atoms with E-state index in [1.54, 1.807) is 36.3 Å². The molecule has 0 bridgehead atoms. The van der Waals surface area contributed by atoms with Gasteiger partial charge in [-0.25, -0.2) is 4.39 Å². The van der Waals surface area contributed by atoms with Crippen LogP contribution in [0.1, 0.15) is 11.1 Å². The van der Waals surface area contributed by atoms with Crippen molar-refractivity contribution in [3.8, 4) is 17.1 Å². The van der Waals surface area contributed by atoms with Crippen molar-refractivity contribution in [2.45, 2.75) is 17.8 Å². The van der Waals surface area contributed by atoms with Crippen LogP contribution in [0.15, 0.2) is 78.2 Å².